The number of rotatable bonds is 4. The summed E-state index contributed by atoms with van der Waals surface area (Å²) in [5.74, 6) is -0.236. The molecule has 4 heteroatoms. The van der Waals surface area contributed by atoms with E-state index >= 15 is 0 Å². The highest BCUT2D eigenvalue weighted by atomic mass is 16.1. The van der Waals surface area contributed by atoms with Crippen LogP contribution in [0.25, 0.3) is 27.7 Å². The molecule has 5 rings (SSSR count). The number of fused-ring (bicyclic) bond motifs is 1. The standard InChI is InChI=1S/C27H21N3O/c1-19-14-16-21(17-15-19)28-27(31)25-18-26(30(29-25)22-10-3-2-4-11-22)24-13-7-9-20-8-5-6-12-23(20)24/h2-18H,1H3,(H,28,31). The van der Waals surface area contributed by atoms with Crippen LogP contribution in [0.1, 0.15) is 16.1 Å². The first kappa shape index (κ1) is 18.8. The fraction of sp³-hybridized carbons (Fsp3) is 0.0370. The summed E-state index contributed by atoms with van der Waals surface area (Å²) >= 11 is 0. The number of aromatic nitrogens is 2. The first-order valence-electron chi connectivity index (χ1n) is 10.2. The Morgan fingerprint density at radius 1 is 0.806 bits per heavy atom. The number of anilines is 1. The van der Waals surface area contributed by atoms with E-state index in [9.17, 15) is 4.79 Å². The van der Waals surface area contributed by atoms with Gasteiger partial charge in [0, 0.05) is 11.3 Å². The Morgan fingerprint density at radius 3 is 2.32 bits per heavy atom. The third kappa shape index (κ3) is 3.71. The summed E-state index contributed by atoms with van der Waals surface area (Å²) < 4.78 is 1.84. The number of nitrogens with zero attached hydrogens (tertiary/aromatic N) is 2. The van der Waals surface area contributed by atoms with Crippen LogP contribution in [0.15, 0.2) is 103 Å². The molecule has 1 N–H and O–H groups in total. The van der Waals surface area contributed by atoms with E-state index in [4.69, 9.17) is 0 Å². The molecule has 0 spiro atoms. The van der Waals surface area contributed by atoms with Gasteiger partial charge in [0.1, 0.15) is 0 Å². The van der Waals surface area contributed by atoms with Crippen LogP contribution in [0.2, 0.25) is 0 Å². The summed E-state index contributed by atoms with van der Waals surface area (Å²) in [4.78, 5) is 13.0. The van der Waals surface area contributed by atoms with Crippen molar-refractivity contribution in [2.75, 3.05) is 5.32 Å². The van der Waals surface area contributed by atoms with Crippen molar-refractivity contribution in [2.24, 2.45) is 0 Å². The van der Waals surface area contributed by atoms with Gasteiger partial charge in [0.2, 0.25) is 0 Å². The molecule has 1 heterocycles. The van der Waals surface area contributed by atoms with Crippen LogP contribution in [-0.2, 0) is 0 Å². The lowest BCUT2D eigenvalue weighted by Gasteiger charge is -2.10. The number of hydrogen-bond donors (Lipinski definition) is 1. The number of amides is 1. The van der Waals surface area contributed by atoms with E-state index in [1.54, 1.807) is 0 Å². The molecule has 0 aliphatic carbocycles. The normalized spacial score (nSPS) is 10.9. The van der Waals surface area contributed by atoms with Gasteiger partial charge < -0.3 is 5.32 Å². The molecular formula is C27H21N3O. The van der Waals surface area contributed by atoms with Gasteiger partial charge in [-0.15, -0.1) is 0 Å². The molecule has 4 aromatic carbocycles. The van der Waals surface area contributed by atoms with Gasteiger partial charge in [0.15, 0.2) is 5.69 Å². The van der Waals surface area contributed by atoms with Crippen molar-refractivity contribution in [1.82, 2.24) is 9.78 Å². The highest BCUT2D eigenvalue weighted by Crippen LogP contribution is 2.31. The topological polar surface area (TPSA) is 46.9 Å². The molecule has 0 unspecified atom stereocenters. The average Bonchev–Trinajstić information content (AvgIpc) is 3.26. The van der Waals surface area contributed by atoms with Crippen molar-refractivity contribution in [3.8, 4) is 16.9 Å². The van der Waals surface area contributed by atoms with E-state index in [0.717, 1.165) is 39.0 Å². The molecule has 0 bridgehead atoms. The van der Waals surface area contributed by atoms with Gasteiger partial charge in [-0.3, -0.25) is 4.79 Å². The maximum atomic E-state index is 13.0. The summed E-state index contributed by atoms with van der Waals surface area (Å²) in [6.07, 6.45) is 0. The maximum absolute atomic E-state index is 13.0. The summed E-state index contributed by atoms with van der Waals surface area (Å²) in [7, 11) is 0. The molecule has 5 aromatic rings. The molecule has 0 radical (unpaired) electrons. The minimum atomic E-state index is -0.236. The Kier molecular flexibility index (Phi) is 4.81. The van der Waals surface area contributed by atoms with E-state index in [1.807, 2.05) is 90.5 Å². The van der Waals surface area contributed by atoms with Gasteiger partial charge in [-0.2, -0.15) is 5.10 Å². The minimum absolute atomic E-state index is 0.236. The zero-order chi connectivity index (χ0) is 21.2. The second kappa shape index (κ2) is 7.92. The summed E-state index contributed by atoms with van der Waals surface area (Å²) in [5, 5.41) is 9.90. The summed E-state index contributed by atoms with van der Waals surface area (Å²) in [5.41, 5.74) is 5.06. The fourth-order valence-corrected chi connectivity index (χ4v) is 3.73. The van der Waals surface area contributed by atoms with Crippen molar-refractivity contribution in [2.45, 2.75) is 6.92 Å². The molecule has 0 saturated heterocycles. The summed E-state index contributed by atoms with van der Waals surface area (Å²) in [6, 6.07) is 33.9. The predicted molar refractivity (Wildman–Crippen MR) is 126 cm³/mol. The number of nitrogens with one attached hydrogen (secondary N) is 1. The van der Waals surface area contributed by atoms with E-state index in [2.05, 4.69) is 34.7 Å². The third-order valence-corrected chi connectivity index (χ3v) is 5.32. The van der Waals surface area contributed by atoms with Crippen molar-refractivity contribution < 1.29 is 4.79 Å². The SMILES string of the molecule is Cc1ccc(NC(=O)c2cc(-c3cccc4ccccc34)n(-c3ccccc3)n2)cc1. The van der Waals surface area contributed by atoms with E-state index < -0.39 is 0 Å². The molecule has 4 nitrogen and oxygen atoms in total. The minimum Gasteiger partial charge on any atom is -0.321 e. The van der Waals surface area contributed by atoms with Gasteiger partial charge in [-0.25, -0.2) is 4.68 Å². The Morgan fingerprint density at radius 2 is 1.52 bits per heavy atom. The second-order valence-electron chi connectivity index (χ2n) is 7.51. The zero-order valence-electron chi connectivity index (χ0n) is 17.1. The van der Waals surface area contributed by atoms with Crippen LogP contribution in [0.4, 0.5) is 5.69 Å². The molecule has 1 amide bonds. The van der Waals surface area contributed by atoms with Crippen LogP contribution in [0, 0.1) is 6.92 Å². The van der Waals surface area contributed by atoms with Gasteiger partial charge in [-0.1, -0.05) is 78.4 Å². The lowest BCUT2D eigenvalue weighted by atomic mass is 10.0. The monoisotopic (exact) mass is 403 g/mol. The Hall–Kier alpha value is -4.18. The van der Waals surface area contributed by atoms with Crippen molar-refractivity contribution >= 4 is 22.4 Å². The molecule has 0 aliphatic heterocycles. The molecule has 1 aromatic heterocycles. The maximum Gasteiger partial charge on any atom is 0.276 e. The van der Waals surface area contributed by atoms with Crippen molar-refractivity contribution in [3.63, 3.8) is 0 Å². The van der Waals surface area contributed by atoms with Crippen LogP contribution < -0.4 is 5.32 Å². The van der Waals surface area contributed by atoms with E-state index in [1.165, 1.54) is 0 Å². The van der Waals surface area contributed by atoms with E-state index in [-0.39, 0.29) is 5.91 Å². The van der Waals surface area contributed by atoms with Crippen molar-refractivity contribution in [1.29, 1.82) is 0 Å². The van der Waals surface area contributed by atoms with Gasteiger partial charge in [0.25, 0.3) is 5.91 Å². The molecule has 150 valence electrons. The quantitative estimate of drug-likeness (QED) is 0.385. The first-order valence-corrected chi connectivity index (χ1v) is 10.2. The van der Waals surface area contributed by atoms with Crippen LogP contribution in [-0.4, -0.2) is 15.7 Å². The number of hydrogen-bond acceptors (Lipinski definition) is 2. The van der Waals surface area contributed by atoms with Gasteiger partial charge in [0.05, 0.1) is 11.4 Å². The molecular weight excluding hydrogens is 382 g/mol. The van der Waals surface area contributed by atoms with Crippen LogP contribution in [0.3, 0.4) is 0 Å². The Balaban J connectivity index is 1.62. The largest absolute Gasteiger partial charge is 0.321 e. The molecule has 0 saturated carbocycles. The van der Waals surface area contributed by atoms with Crippen LogP contribution in [0.5, 0.6) is 0 Å². The summed E-state index contributed by atoms with van der Waals surface area (Å²) in [6.45, 7) is 2.02. The van der Waals surface area contributed by atoms with Crippen LogP contribution >= 0.6 is 0 Å². The first-order chi connectivity index (χ1) is 15.2. The lowest BCUT2D eigenvalue weighted by molar-refractivity contribution is 0.102. The number of aryl methyl sites for hydroxylation is 1. The second-order valence-corrected chi connectivity index (χ2v) is 7.51. The highest BCUT2D eigenvalue weighted by Gasteiger charge is 2.18. The fourth-order valence-electron chi connectivity index (χ4n) is 3.73. The molecule has 0 fully saturated rings. The number of para-hydroxylation sites is 1. The van der Waals surface area contributed by atoms with Gasteiger partial charge >= 0.3 is 0 Å². The number of carbonyl (C=O) groups is 1. The van der Waals surface area contributed by atoms with Gasteiger partial charge in [-0.05, 0) is 48.0 Å². The molecule has 0 aliphatic rings. The predicted octanol–water partition coefficient (Wildman–Crippen LogP) is 6.25. The number of benzene rings is 4. The third-order valence-electron chi connectivity index (χ3n) is 5.32. The molecule has 31 heavy (non-hydrogen) atoms. The number of carbonyl (C=O) groups excluding carboxylic acids is 1. The lowest BCUT2D eigenvalue weighted by Crippen LogP contribution is -2.13. The highest BCUT2D eigenvalue weighted by molar-refractivity contribution is 6.04. The van der Waals surface area contributed by atoms with Crippen molar-refractivity contribution in [3.05, 3.63) is 114 Å². The zero-order valence-corrected chi connectivity index (χ0v) is 17.1. The molecule has 0 atom stereocenters. The smallest absolute Gasteiger partial charge is 0.276 e. The Labute approximate surface area is 180 Å². The Bertz CT molecular complexity index is 1360. The average molecular weight is 403 g/mol. The van der Waals surface area contributed by atoms with E-state index in [0.29, 0.717) is 5.69 Å².